The van der Waals surface area contributed by atoms with Crippen molar-refractivity contribution >= 4 is 5.91 Å². The number of aromatic nitrogens is 1. The Bertz CT molecular complexity index is 1050. The Balaban J connectivity index is 1.10. The molecule has 0 N–H and O–H groups in total. The summed E-state index contributed by atoms with van der Waals surface area (Å²) in [7, 11) is 1.74. The first-order valence-corrected chi connectivity index (χ1v) is 13.5. The molecule has 0 atom stereocenters. The molecular weight excluding hydrogens is 438 g/mol. The van der Waals surface area contributed by atoms with E-state index in [2.05, 4.69) is 28.1 Å². The lowest BCUT2D eigenvalue weighted by molar-refractivity contribution is -0.0336. The Kier molecular flexibility index (Phi) is 6.27. The molecular formula is C29H37N3O3. The minimum Gasteiger partial charge on any atom is -0.487 e. The summed E-state index contributed by atoms with van der Waals surface area (Å²) in [6.45, 7) is 3.82. The van der Waals surface area contributed by atoms with Crippen LogP contribution in [0.2, 0.25) is 0 Å². The van der Waals surface area contributed by atoms with Crippen LogP contribution >= 0.6 is 0 Å². The smallest absolute Gasteiger partial charge is 0.272 e. The van der Waals surface area contributed by atoms with Gasteiger partial charge in [0.25, 0.3) is 5.91 Å². The lowest BCUT2D eigenvalue weighted by atomic mass is 9.81. The maximum Gasteiger partial charge on any atom is 0.272 e. The maximum absolute atomic E-state index is 12.9. The summed E-state index contributed by atoms with van der Waals surface area (Å²) < 4.78 is 12.1. The van der Waals surface area contributed by atoms with Gasteiger partial charge >= 0.3 is 0 Å². The molecule has 6 heteroatoms. The van der Waals surface area contributed by atoms with E-state index < -0.39 is 0 Å². The fourth-order valence-electron chi connectivity index (χ4n) is 6.25. The number of aryl methyl sites for hydroxylation is 1. The van der Waals surface area contributed by atoms with Gasteiger partial charge in [-0.3, -0.25) is 9.78 Å². The van der Waals surface area contributed by atoms with E-state index in [0.717, 1.165) is 74.5 Å². The molecule has 4 aliphatic rings. The summed E-state index contributed by atoms with van der Waals surface area (Å²) in [5.41, 5.74) is 4.00. The molecule has 1 aromatic heterocycles. The zero-order chi connectivity index (χ0) is 23.8. The SMILES string of the molecule is COC1CCN(C(=O)c2ccc(-c3ccc4c(c3)CCC3(CCN(C5CCC5)CC3)O4)cn2)CC1. The van der Waals surface area contributed by atoms with Crippen LogP contribution in [0.4, 0.5) is 0 Å². The molecule has 2 aromatic rings. The number of carbonyl (C=O) groups is 1. The average molecular weight is 476 g/mol. The second kappa shape index (κ2) is 9.55. The molecule has 186 valence electrons. The summed E-state index contributed by atoms with van der Waals surface area (Å²) in [5, 5.41) is 0. The van der Waals surface area contributed by atoms with Gasteiger partial charge < -0.3 is 19.3 Å². The molecule has 6 nitrogen and oxygen atoms in total. The highest BCUT2D eigenvalue weighted by molar-refractivity contribution is 5.92. The van der Waals surface area contributed by atoms with E-state index in [0.29, 0.717) is 5.69 Å². The minimum absolute atomic E-state index is 0.0126. The molecule has 4 heterocycles. The number of carbonyl (C=O) groups excluding carboxylic acids is 1. The molecule has 0 unspecified atom stereocenters. The number of hydrogen-bond acceptors (Lipinski definition) is 5. The normalized spacial score (nSPS) is 22.9. The van der Waals surface area contributed by atoms with Gasteiger partial charge in [0.2, 0.25) is 0 Å². The molecule has 1 saturated carbocycles. The Morgan fingerprint density at radius 2 is 1.77 bits per heavy atom. The van der Waals surface area contributed by atoms with Crippen molar-refractivity contribution in [3.8, 4) is 16.9 Å². The van der Waals surface area contributed by atoms with E-state index in [1.807, 2.05) is 23.2 Å². The van der Waals surface area contributed by atoms with Gasteiger partial charge in [0.15, 0.2) is 0 Å². The van der Waals surface area contributed by atoms with E-state index in [1.54, 1.807) is 7.11 Å². The van der Waals surface area contributed by atoms with Crippen LogP contribution in [0.3, 0.4) is 0 Å². The van der Waals surface area contributed by atoms with Gasteiger partial charge in [0.1, 0.15) is 17.0 Å². The van der Waals surface area contributed by atoms with E-state index in [1.165, 1.54) is 37.9 Å². The lowest BCUT2D eigenvalue weighted by Crippen LogP contribution is -2.53. The summed E-state index contributed by atoms with van der Waals surface area (Å²) in [6.07, 6.45) is 12.5. The summed E-state index contributed by atoms with van der Waals surface area (Å²) >= 11 is 0. The largest absolute Gasteiger partial charge is 0.487 e. The summed E-state index contributed by atoms with van der Waals surface area (Å²) in [5.74, 6) is 1.06. The second-order valence-corrected chi connectivity index (χ2v) is 10.9. The number of nitrogens with zero attached hydrogens (tertiary/aromatic N) is 3. The maximum atomic E-state index is 12.9. The van der Waals surface area contributed by atoms with Crippen LogP contribution in [0.1, 0.15) is 67.4 Å². The number of amides is 1. The number of likely N-dealkylation sites (tertiary alicyclic amines) is 2. The first-order chi connectivity index (χ1) is 17.1. The number of pyridine rings is 1. The molecule has 1 spiro atoms. The molecule has 0 bridgehead atoms. The van der Waals surface area contributed by atoms with Gasteiger partial charge in [-0.1, -0.05) is 18.6 Å². The van der Waals surface area contributed by atoms with E-state index in [9.17, 15) is 4.79 Å². The van der Waals surface area contributed by atoms with Crippen LogP contribution in [0, 0.1) is 0 Å². The van der Waals surface area contributed by atoms with E-state index in [-0.39, 0.29) is 17.6 Å². The fraction of sp³-hybridized carbons (Fsp3) is 0.586. The van der Waals surface area contributed by atoms with Crippen molar-refractivity contribution in [1.82, 2.24) is 14.8 Å². The first-order valence-electron chi connectivity index (χ1n) is 13.5. The predicted molar refractivity (Wildman–Crippen MR) is 136 cm³/mol. The van der Waals surface area contributed by atoms with E-state index >= 15 is 0 Å². The molecule has 1 aromatic carbocycles. The third kappa shape index (κ3) is 4.58. The summed E-state index contributed by atoms with van der Waals surface area (Å²) in [4.78, 5) is 22.0. The van der Waals surface area contributed by atoms with Crippen molar-refractivity contribution < 1.29 is 14.3 Å². The third-order valence-corrected chi connectivity index (χ3v) is 8.92. The number of ether oxygens (including phenoxy) is 2. The van der Waals surface area contributed by atoms with Crippen LogP contribution in [0.15, 0.2) is 36.5 Å². The fourth-order valence-corrected chi connectivity index (χ4v) is 6.25. The molecule has 3 aliphatic heterocycles. The molecule has 3 fully saturated rings. The van der Waals surface area contributed by atoms with E-state index in [4.69, 9.17) is 9.47 Å². The predicted octanol–water partition coefficient (Wildman–Crippen LogP) is 4.71. The second-order valence-electron chi connectivity index (χ2n) is 10.9. The minimum atomic E-state index is 0.0126. The number of benzene rings is 1. The molecule has 1 amide bonds. The van der Waals surface area contributed by atoms with Gasteiger partial charge in [0, 0.05) is 51.1 Å². The standard InChI is InChI=1S/C29H37N3O3/c1-34-25-10-15-32(16-11-25)28(33)26-7-5-23(20-30-26)21-6-8-27-22(19-21)9-12-29(35-27)13-17-31(18-14-29)24-3-2-4-24/h5-8,19-20,24-25H,2-4,9-18H2,1H3. The Morgan fingerprint density at radius 3 is 2.43 bits per heavy atom. The zero-order valence-corrected chi connectivity index (χ0v) is 20.9. The van der Waals surface area contributed by atoms with Crippen molar-refractivity contribution in [1.29, 1.82) is 0 Å². The van der Waals surface area contributed by atoms with Crippen molar-refractivity contribution in [2.75, 3.05) is 33.3 Å². The average Bonchev–Trinajstić information content (AvgIpc) is 2.88. The van der Waals surface area contributed by atoms with Gasteiger partial charge in [-0.05, 0) is 80.7 Å². The molecule has 2 saturated heterocycles. The van der Waals surface area contributed by atoms with Crippen molar-refractivity contribution in [3.05, 3.63) is 47.8 Å². The van der Waals surface area contributed by atoms with Crippen molar-refractivity contribution in [2.24, 2.45) is 0 Å². The Morgan fingerprint density at radius 1 is 1.00 bits per heavy atom. The van der Waals surface area contributed by atoms with Crippen LogP contribution in [-0.4, -0.2) is 71.7 Å². The number of fused-ring (bicyclic) bond motifs is 1. The number of hydrogen-bond donors (Lipinski definition) is 0. The highest BCUT2D eigenvalue weighted by Gasteiger charge is 2.41. The van der Waals surface area contributed by atoms with Gasteiger partial charge in [0.05, 0.1) is 6.10 Å². The lowest BCUT2D eigenvalue weighted by Gasteiger charge is -2.48. The van der Waals surface area contributed by atoms with Gasteiger partial charge in [-0.2, -0.15) is 0 Å². The van der Waals surface area contributed by atoms with Crippen LogP contribution in [0.5, 0.6) is 5.75 Å². The van der Waals surface area contributed by atoms with Crippen LogP contribution in [0.25, 0.3) is 11.1 Å². The molecule has 1 aliphatic carbocycles. The highest BCUT2D eigenvalue weighted by atomic mass is 16.5. The topological polar surface area (TPSA) is 54.9 Å². The van der Waals surface area contributed by atoms with Crippen LogP contribution < -0.4 is 4.74 Å². The Labute approximate surface area is 208 Å². The first kappa shape index (κ1) is 23.0. The molecule has 6 rings (SSSR count). The van der Waals surface area contributed by atoms with Gasteiger partial charge in [-0.15, -0.1) is 0 Å². The quantitative estimate of drug-likeness (QED) is 0.641. The van der Waals surface area contributed by atoms with Crippen molar-refractivity contribution in [2.45, 2.75) is 75.5 Å². The number of methoxy groups -OCH3 is 1. The number of rotatable bonds is 4. The summed E-state index contributed by atoms with van der Waals surface area (Å²) in [6, 6.07) is 11.2. The highest BCUT2D eigenvalue weighted by Crippen LogP contribution is 2.42. The zero-order valence-electron chi connectivity index (χ0n) is 20.9. The van der Waals surface area contributed by atoms with Crippen molar-refractivity contribution in [3.63, 3.8) is 0 Å². The van der Waals surface area contributed by atoms with Gasteiger partial charge in [-0.25, -0.2) is 0 Å². The number of piperidine rings is 2. The molecule has 0 radical (unpaired) electrons. The monoisotopic (exact) mass is 475 g/mol. The third-order valence-electron chi connectivity index (χ3n) is 8.92. The van der Waals surface area contributed by atoms with Crippen LogP contribution in [-0.2, 0) is 11.2 Å². The molecule has 35 heavy (non-hydrogen) atoms. The Hall–Kier alpha value is -2.44.